The molecule has 100 valence electrons. The number of fused-ring (bicyclic) bond motifs is 1. The van der Waals surface area contributed by atoms with E-state index in [1.54, 1.807) is 7.11 Å². The van der Waals surface area contributed by atoms with Crippen molar-refractivity contribution in [2.45, 2.75) is 24.9 Å². The van der Waals surface area contributed by atoms with Gasteiger partial charge in [-0.25, -0.2) is 0 Å². The second-order valence-corrected chi connectivity index (χ2v) is 5.34. The van der Waals surface area contributed by atoms with E-state index in [4.69, 9.17) is 4.74 Å². The molecule has 1 saturated carbocycles. The van der Waals surface area contributed by atoms with Crippen LogP contribution < -0.4 is 10.1 Å². The number of ether oxygens (including phenoxy) is 1. The molecule has 3 rings (SSSR count). The molecule has 3 heteroatoms. The second kappa shape index (κ2) is 4.83. The molecule has 0 atom stereocenters. The number of hydrogen-bond donors (Lipinski definition) is 2. The first-order valence-corrected chi connectivity index (χ1v) is 6.67. The highest BCUT2D eigenvalue weighted by Crippen LogP contribution is 2.35. The Bertz CT molecular complexity index is 590. The molecule has 1 aliphatic rings. The van der Waals surface area contributed by atoms with Gasteiger partial charge in [-0.15, -0.1) is 0 Å². The van der Waals surface area contributed by atoms with Crippen molar-refractivity contribution in [2.75, 3.05) is 13.7 Å². The first-order valence-electron chi connectivity index (χ1n) is 6.67. The lowest BCUT2D eigenvalue weighted by molar-refractivity contribution is 0.229. The summed E-state index contributed by atoms with van der Waals surface area (Å²) in [6, 6.07) is 12.5. The molecule has 0 heterocycles. The molecule has 19 heavy (non-hydrogen) atoms. The third kappa shape index (κ3) is 2.57. The van der Waals surface area contributed by atoms with Crippen LogP contribution in [0.2, 0.25) is 0 Å². The number of aliphatic hydroxyl groups is 1. The Morgan fingerprint density at radius 1 is 1.16 bits per heavy atom. The molecule has 2 aromatic rings. The highest BCUT2D eigenvalue weighted by Gasteiger charge is 2.41. The van der Waals surface area contributed by atoms with Gasteiger partial charge in [-0.1, -0.05) is 18.2 Å². The largest absolute Gasteiger partial charge is 0.497 e. The number of hydrogen-bond acceptors (Lipinski definition) is 3. The van der Waals surface area contributed by atoms with Crippen LogP contribution in [-0.2, 0) is 6.54 Å². The summed E-state index contributed by atoms with van der Waals surface area (Å²) in [7, 11) is 1.68. The van der Waals surface area contributed by atoms with Gasteiger partial charge in [-0.05, 0) is 47.4 Å². The lowest BCUT2D eigenvalue weighted by Gasteiger charge is -2.14. The summed E-state index contributed by atoms with van der Waals surface area (Å²) >= 11 is 0. The molecule has 0 aromatic heterocycles. The molecule has 0 bridgehead atoms. The molecular weight excluding hydrogens is 238 g/mol. The van der Waals surface area contributed by atoms with Crippen LogP contribution in [0.5, 0.6) is 5.75 Å². The Morgan fingerprint density at radius 3 is 2.58 bits per heavy atom. The van der Waals surface area contributed by atoms with Gasteiger partial charge in [0.1, 0.15) is 5.75 Å². The number of nitrogens with one attached hydrogen (secondary N) is 1. The van der Waals surface area contributed by atoms with E-state index in [0.717, 1.165) is 25.1 Å². The first-order chi connectivity index (χ1) is 9.24. The van der Waals surface area contributed by atoms with Crippen LogP contribution in [0.1, 0.15) is 18.4 Å². The fraction of sp³-hybridized carbons (Fsp3) is 0.375. The molecule has 0 amide bonds. The van der Waals surface area contributed by atoms with Crippen LogP contribution in [0.3, 0.4) is 0 Å². The molecule has 2 N–H and O–H groups in total. The summed E-state index contributed by atoms with van der Waals surface area (Å²) < 4.78 is 5.23. The minimum absolute atomic E-state index is 0.00509. The van der Waals surface area contributed by atoms with E-state index in [-0.39, 0.29) is 12.1 Å². The van der Waals surface area contributed by atoms with Gasteiger partial charge in [0.05, 0.1) is 13.7 Å². The molecule has 0 radical (unpaired) electrons. The predicted octanol–water partition coefficient (Wildman–Crippen LogP) is 2.46. The van der Waals surface area contributed by atoms with Crippen molar-refractivity contribution in [3.05, 3.63) is 42.0 Å². The summed E-state index contributed by atoms with van der Waals surface area (Å²) in [6.07, 6.45) is 2.16. The Hall–Kier alpha value is -1.58. The highest BCUT2D eigenvalue weighted by atomic mass is 16.5. The van der Waals surface area contributed by atoms with Crippen molar-refractivity contribution in [1.29, 1.82) is 0 Å². The number of benzene rings is 2. The van der Waals surface area contributed by atoms with E-state index < -0.39 is 0 Å². The molecular formula is C16H19NO2. The van der Waals surface area contributed by atoms with Gasteiger partial charge in [0.25, 0.3) is 0 Å². The van der Waals surface area contributed by atoms with E-state index in [2.05, 4.69) is 29.6 Å². The Balaban J connectivity index is 1.78. The number of aliphatic hydroxyl groups excluding tert-OH is 1. The van der Waals surface area contributed by atoms with Crippen LogP contribution >= 0.6 is 0 Å². The molecule has 3 nitrogen and oxygen atoms in total. The number of rotatable bonds is 5. The van der Waals surface area contributed by atoms with Crippen molar-refractivity contribution in [3.8, 4) is 5.75 Å². The molecule has 1 aliphatic carbocycles. The smallest absolute Gasteiger partial charge is 0.119 e. The molecule has 2 aromatic carbocycles. The monoisotopic (exact) mass is 257 g/mol. The van der Waals surface area contributed by atoms with Crippen LogP contribution in [0.25, 0.3) is 10.8 Å². The van der Waals surface area contributed by atoms with Crippen LogP contribution in [0, 0.1) is 0 Å². The Labute approximate surface area is 113 Å². The van der Waals surface area contributed by atoms with E-state index in [9.17, 15) is 5.11 Å². The van der Waals surface area contributed by atoms with E-state index in [1.165, 1.54) is 16.3 Å². The Kier molecular flexibility index (Phi) is 3.17. The van der Waals surface area contributed by atoms with Crippen molar-refractivity contribution in [2.24, 2.45) is 0 Å². The van der Waals surface area contributed by atoms with Gasteiger partial charge in [-0.2, -0.15) is 0 Å². The standard InChI is InChI=1S/C16H19NO2/c1-19-15-5-4-13-8-12(2-3-14(13)9-15)10-17-16(11-18)6-7-16/h2-5,8-9,17-18H,6-7,10-11H2,1H3. The highest BCUT2D eigenvalue weighted by molar-refractivity contribution is 5.84. The van der Waals surface area contributed by atoms with Crippen LogP contribution in [0.4, 0.5) is 0 Å². The fourth-order valence-electron chi connectivity index (χ4n) is 2.34. The summed E-state index contributed by atoms with van der Waals surface area (Å²) in [6.45, 7) is 1.04. The van der Waals surface area contributed by atoms with E-state index in [1.807, 2.05) is 12.1 Å². The maximum atomic E-state index is 9.29. The van der Waals surface area contributed by atoms with Gasteiger partial charge in [0, 0.05) is 12.1 Å². The van der Waals surface area contributed by atoms with Gasteiger partial charge in [0.2, 0.25) is 0 Å². The summed E-state index contributed by atoms with van der Waals surface area (Å²) in [4.78, 5) is 0. The molecule has 1 fully saturated rings. The van der Waals surface area contributed by atoms with Crippen molar-refractivity contribution in [3.63, 3.8) is 0 Å². The molecule has 0 unspecified atom stereocenters. The van der Waals surface area contributed by atoms with Gasteiger partial charge in [-0.3, -0.25) is 0 Å². The molecule has 0 saturated heterocycles. The van der Waals surface area contributed by atoms with E-state index >= 15 is 0 Å². The maximum absolute atomic E-state index is 9.29. The summed E-state index contributed by atoms with van der Waals surface area (Å²) in [5.74, 6) is 0.885. The maximum Gasteiger partial charge on any atom is 0.119 e. The average Bonchev–Trinajstić information content (AvgIpc) is 3.25. The van der Waals surface area contributed by atoms with E-state index in [0.29, 0.717) is 0 Å². The normalized spacial score (nSPS) is 16.5. The molecule has 0 spiro atoms. The quantitative estimate of drug-likeness (QED) is 0.864. The predicted molar refractivity (Wildman–Crippen MR) is 76.4 cm³/mol. The number of methoxy groups -OCH3 is 1. The second-order valence-electron chi connectivity index (χ2n) is 5.34. The molecule has 0 aliphatic heterocycles. The zero-order valence-corrected chi connectivity index (χ0v) is 11.1. The van der Waals surface area contributed by atoms with Crippen molar-refractivity contribution >= 4 is 10.8 Å². The van der Waals surface area contributed by atoms with Crippen molar-refractivity contribution < 1.29 is 9.84 Å². The topological polar surface area (TPSA) is 41.5 Å². The fourth-order valence-corrected chi connectivity index (χ4v) is 2.34. The zero-order chi connectivity index (χ0) is 13.3. The van der Waals surface area contributed by atoms with Crippen molar-refractivity contribution in [1.82, 2.24) is 5.32 Å². The third-order valence-corrected chi connectivity index (χ3v) is 3.94. The minimum atomic E-state index is -0.00509. The van der Waals surface area contributed by atoms with Crippen LogP contribution in [0.15, 0.2) is 36.4 Å². The van der Waals surface area contributed by atoms with Gasteiger partial charge in [0.15, 0.2) is 0 Å². The lowest BCUT2D eigenvalue weighted by Crippen LogP contribution is -2.34. The average molecular weight is 257 g/mol. The van der Waals surface area contributed by atoms with Gasteiger partial charge >= 0.3 is 0 Å². The summed E-state index contributed by atoms with van der Waals surface area (Å²) in [5.41, 5.74) is 1.24. The summed E-state index contributed by atoms with van der Waals surface area (Å²) in [5, 5.41) is 15.1. The Morgan fingerprint density at radius 2 is 1.89 bits per heavy atom. The SMILES string of the molecule is COc1ccc2cc(CNC3(CO)CC3)ccc2c1. The lowest BCUT2D eigenvalue weighted by atomic mass is 10.1. The third-order valence-electron chi connectivity index (χ3n) is 3.94. The zero-order valence-electron chi connectivity index (χ0n) is 11.1. The van der Waals surface area contributed by atoms with Gasteiger partial charge < -0.3 is 15.2 Å². The minimum Gasteiger partial charge on any atom is -0.497 e. The van der Waals surface area contributed by atoms with Crippen LogP contribution in [-0.4, -0.2) is 24.4 Å². The first kappa shape index (κ1) is 12.5.